The molecule has 0 radical (unpaired) electrons. The summed E-state index contributed by atoms with van der Waals surface area (Å²) in [7, 11) is 0. The molecule has 0 atom stereocenters. The molecule has 3 rings (SSSR count). The highest BCUT2D eigenvalue weighted by atomic mass is 19.4. The standard InChI is InChI=1S/C19H14F3N3O3.C2HF3O2/c1-11-5-6-12(9-15(11)25-18(27)16-7-8-23-28-16)17(26)24-14-4-2-3-13(10-14)19(20,21)22;3-2(4,5)1(6)7/h2-10H,1H3,(H,24,26)(H,25,27);(H,6,7). The van der Waals surface area contributed by atoms with E-state index in [2.05, 4.69) is 15.8 Å². The van der Waals surface area contributed by atoms with Crippen molar-refractivity contribution in [3.05, 3.63) is 77.2 Å². The van der Waals surface area contributed by atoms with Gasteiger partial charge < -0.3 is 20.3 Å². The quantitative estimate of drug-likeness (QED) is 0.424. The first-order valence-electron chi connectivity index (χ1n) is 9.30. The molecule has 0 aliphatic carbocycles. The van der Waals surface area contributed by atoms with Gasteiger partial charge in [-0.15, -0.1) is 0 Å². The number of hydrogen-bond donors (Lipinski definition) is 3. The molecule has 0 fully saturated rings. The molecule has 2 aromatic carbocycles. The number of aromatic nitrogens is 1. The van der Waals surface area contributed by atoms with Gasteiger partial charge in [-0.25, -0.2) is 4.79 Å². The van der Waals surface area contributed by atoms with E-state index in [1.165, 1.54) is 36.5 Å². The van der Waals surface area contributed by atoms with Crippen molar-refractivity contribution in [1.82, 2.24) is 5.16 Å². The van der Waals surface area contributed by atoms with Crippen LogP contribution in [0.25, 0.3) is 0 Å². The van der Waals surface area contributed by atoms with Gasteiger partial charge >= 0.3 is 18.3 Å². The normalized spacial score (nSPS) is 11.2. The molecule has 14 heteroatoms. The van der Waals surface area contributed by atoms with Crippen molar-refractivity contribution in [2.75, 3.05) is 10.6 Å². The second kappa shape index (κ2) is 10.7. The number of carbonyl (C=O) groups excluding carboxylic acids is 2. The summed E-state index contributed by atoms with van der Waals surface area (Å²) in [6, 6.07) is 10.2. The minimum atomic E-state index is -5.08. The number of aliphatic carboxylic acids is 1. The average molecular weight is 503 g/mol. The highest BCUT2D eigenvalue weighted by molar-refractivity contribution is 6.07. The Balaban J connectivity index is 0.000000540. The van der Waals surface area contributed by atoms with Crippen molar-refractivity contribution < 1.29 is 50.4 Å². The lowest BCUT2D eigenvalue weighted by atomic mass is 10.1. The van der Waals surface area contributed by atoms with Gasteiger partial charge in [-0.2, -0.15) is 26.3 Å². The van der Waals surface area contributed by atoms with Crippen LogP contribution in [-0.4, -0.2) is 34.2 Å². The molecule has 0 bridgehead atoms. The van der Waals surface area contributed by atoms with Crippen molar-refractivity contribution in [2.45, 2.75) is 19.3 Å². The highest BCUT2D eigenvalue weighted by Crippen LogP contribution is 2.31. The maximum absolute atomic E-state index is 12.8. The van der Waals surface area contributed by atoms with E-state index in [4.69, 9.17) is 14.4 Å². The zero-order valence-electron chi connectivity index (χ0n) is 17.5. The zero-order valence-corrected chi connectivity index (χ0v) is 17.5. The van der Waals surface area contributed by atoms with E-state index in [1.54, 1.807) is 13.0 Å². The SMILES string of the molecule is Cc1ccc(C(=O)Nc2cccc(C(F)(F)F)c2)cc1NC(=O)c1ccno1.O=C(O)C(F)(F)F. The highest BCUT2D eigenvalue weighted by Gasteiger charge is 2.38. The van der Waals surface area contributed by atoms with E-state index in [9.17, 15) is 35.9 Å². The first-order valence-corrected chi connectivity index (χ1v) is 9.30. The topological polar surface area (TPSA) is 122 Å². The summed E-state index contributed by atoms with van der Waals surface area (Å²) in [6.07, 6.45) is -8.27. The van der Waals surface area contributed by atoms with E-state index >= 15 is 0 Å². The number of nitrogens with one attached hydrogen (secondary N) is 2. The van der Waals surface area contributed by atoms with Crippen LogP contribution >= 0.6 is 0 Å². The Hall–Kier alpha value is -4.36. The van der Waals surface area contributed by atoms with E-state index < -0.39 is 35.7 Å². The van der Waals surface area contributed by atoms with Gasteiger partial charge in [0.05, 0.1) is 11.8 Å². The molecule has 0 saturated carbocycles. The molecule has 186 valence electrons. The van der Waals surface area contributed by atoms with Crippen molar-refractivity contribution in [1.29, 1.82) is 0 Å². The molecule has 0 aliphatic rings. The van der Waals surface area contributed by atoms with Gasteiger partial charge in [0.15, 0.2) is 0 Å². The van der Waals surface area contributed by atoms with Crippen LogP contribution in [-0.2, 0) is 11.0 Å². The number of nitrogens with zero attached hydrogens (tertiary/aromatic N) is 1. The fraction of sp³-hybridized carbons (Fsp3) is 0.143. The predicted octanol–water partition coefficient (Wildman–Crippen LogP) is 5.14. The Morgan fingerprint density at radius 3 is 2.11 bits per heavy atom. The van der Waals surface area contributed by atoms with Crippen molar-refractivity contribution in [3.8, 4) is 0 Å². The maximum Gasteiger partial charge on any atom is 0.490 e. The van der Waals surface area contributed by atoms with Crippen molar-refractivity contribution >= 4 is 29.2 Å². The molecule has 0 aliphatic heterocycles. The van der Waals surface area contributed by atoms with Crippen LogP contribution in [0.1, 0.15) is 32.0 Å². The lowest BCUT2D eigenvalue weighted by Gasteiger charge is -2.12. The average Bonchev–Trinajstić information content (AvgIpc) is 3.30. The van der Waals surface area contributed by atoms with Gasteiger partial charge in [-0.05, 0) is 42.8 Å². The number of carboxylic acid groups (broad SMARTS) is 1. The predicted molar refractivity (Wildman–Crippen MR) is 109 cm³/mol. The zero-order chi connectivity index (χ0) is 26.4. The number of alkyl halides is 6. The molecule has 35 heavy (non-hydrogen) atoms. The summed E-state index contributed by atoms with van der Waals surface area (Å²) in [4.78, 5) is 33.4. The van der Waals surface area contributed by atoms with Crippen molar-refractivity contribution in [2.24, 2.45) is 0 Å². The fourth-order valence-electron chi connectivity index (χ4n) is 2.39. The number of hydrogen-bond acceptors (Lipinski definition) is 5. The van der Waals surface area contributed by atoms with Gasteiger partial charge in [-0.1, -0.05) is 17.3 Å². The number of anilines is 2. The smallest absolute Gasteiger partial charge is 0.475 e. The Morgan fingerprint density at radius 2 is 1.57 bits per heavy atom. The summed E-state index contributed by atoms with van der Waals surface area (Å²) in [6.45, 7) is 1.73. The molecule has 0 unspecified atom stereocenters. The monoisotopic (exact) mass is 503 g/mol. The molecular weight excluding hydrogens is 488 g/mol. The Bertz CT molecular complexity index is 1210. The van der Waals surface area contributed by atoms with Crippen LogP contribution in [0, 0.1) is 6.92 Å². The van der Waals surface area contributed by atoms with Crippen LogP contribution in [0.5, 0.6) is 0 Å². The molecular formula is C21H15F6N3O5. The largest absolute Gasteiger partial charge is 0.490 e. The third kappa shape index (κ3) is 7.87. The number of halogens is 6. The minimum Gasteiger partial charge on any atom is -0.475 e. The molecule has 8 nitrogen and oxygen atoms in total. The molecule has 2 amide bonds. The van der Waals surface area contributed by atoms with Gasteiger partial charge in [0.25, 0.3) is 11.8 Å². The van der Waals surface area contributed by atoms with Gasteiger partial charge in [-0.3, -0.25) is 9.59 Å². The summed E-state index contributed by atoms with van der Waals surface area (Å²) >= 11 is 0. The van der Waals surface area contributed by atoms with Crippen LogP contribution in [0.3, 0.4) is 0 Å². The summed E-state index contributed by atoms with van der Waals surface area (Å²) in [5.74, 6) is -3.92. The number of benzene rings is 2. The molecule has 0 spiro atoms. The van der Waals surface area contributed by atoms with Crippen LogP contribution in [0.4, 0.5) is 37.7 Å². The number of aryl methyl sites for hydroxylation is 1. The van der Waals surface area contributed by atoms with E-state index in [0.717, 1.165) is 12.1 Å². The number of rotatable bonds is 4. The number of carboxylic acids is 1. The molecule has 1 aromatic heterocycles. The molecule has 0 saturated heterocycles. The van der Waals surface area contributed by atoms with Crippen molar-refractivity contribution in [3.63, 3.8) is 0 Å². The second-order valence-electron chi connectivity index (χ2n) is 6.70. The third-order valence-electron chi connectivity index (χ3n) is 4.10. The second-order valence-corrected chi connectivity index (χ2v) is 6.70. The minimum absolute atomic E-state index is 0.00165. The Labute approximate surface area is 192 Å². The lowest BCUT2D eigenvalue weighted by Crippen LogP contribution is -2.21. The van der Waals surface area contributed by atoms with E-state index in [-0.39, 0.29) is 17.0 Å². The number of amides is 2. The van der Waals surface area contributed by atoms with Gasteiger partial charge in [0.2, 0.25) is 5.76 Å². The molecule has 1 heterocycles. The van der Waals surface area contributed by atoms with E-state index in [0.29, 0.717) is 11.3 Å². The Kier molecular flexibility index (Phi) is 8.23. The maximum atomic E-state index is 12.8. The fourth-order valence-corrected chi connectivity index (χ4v) is 2.39. The summed E-state index contributed by atoms with van der Waals surface area (Å²) < 4.78 is 74.9. The first-order chi connectivity index (χ1) is 16.2. The first kappa shape index (κ1) is 26.9. The van der Waals surface area contributed by atoms with Gasteiger partial charge in [0.1, 0.15) is 0 Å². The van der Waals surface area contributed by atoms with Crippen LogP contribution in [0.15, 0.2) is 59.3 Å². The summed E-state index contributed by atoms with van der Waals surface area (Å²) in [5, 5.41) is 15.6. The third-order valence-corrected chi connectivity index (χ3v) is 4.10. The number of carbonyl (C=O) groups is 3. The molecule has 3 aromatic rings. The molecule has 3 N–H and O–H groups in total. The lowest BCUT2D eigenvalue weighted by molar-refractivity contribution is -0.192. The Morgan fingerprint density at radius 1 is 0.914 bits per heavy atom. The van der Waals surface area contributed by atoms with E-state index in [1.807, 2.05) is 0 Å². The summed E-state index contributed by atoms with van der Waals surface area (Å²) in [5.41, 5.74) is 0.347. The van der Waals surface area contributed by atoms with Crippen LogP contribution in [0.2, 0.25) is 0 Å². The van der Waals surface area contributed by atoms with Gasteiger partial charge in [0, 0.05) is 23.0 Å². The van der Waals surface area contributed by atoms with Crippen LogP contribution < -0.4 is 10.6 Å².